The SMILES string of the molecule is CCOC(=O)c1ccc(NC(=O)C[C@@H]2C(=O)N(c3ccc(F)cc3)C(=S)N2Cc2ccc3c(c2)OCO3)cc1. The van der Waals surface area contributed by atoms with E-state index in [4.69, 9.17) is 26.4 Å². The molecule has 9 nitrogen and oxygen atoms in total. The molecule has 0 spiro atoms. The van der Waals surface area contributed by atoms with Gasteiger partial charge in [0.05, 0.1) is 24.3 Å². The van der Waals surface area contributed by atoms with E-state index in [0.29, 0.717) is 28.4 Å². The Balaban J connectivity index is 1.36. The number of halogens is 1. The summed E-state index contributed by atoms with van der Waals surface area (Å²) in [5.74, 6) is -0.521. The summed E-state index contributed by atoms with van der Waals surface area (Å²) in [5.41, 5.74) is 2.02. The summed E-state index contributed by atoms with van der Waals surface area (Å²) >= 11 is 5.68. The van der Waals surface area contributed by atoms with Crippen LogP contribution in [0.2, 0.25) is 0 Å². The molecular formula is C28H24FN3O6S. The summed E-state index contributed by atoms with van der Waals surface area (Å²) in [5, 5.41) is 2.96. The average molecular weight is 550 g/mol. The van der Waals surface area contributed by atoms with Crippen LogP contribution in [0.15, 0.2) is 66.7 Å². The molecule has 5 rings (SSSR count). The zero-order valence-corrected chi connectivity index (χ0v) is 21.7. The first-order chi connectivity index (χ1) is 18.8. The molecule has 1 N–H and O–H groups in total. The molecule has 200 valence electrons. The van der Waals surface area contributed by atoms with Crippen LogP contribution < -0.4 is 19.7 Å². The van der Waals surface area contributed by atoms with Crippen LogP contribution in [0.1, 0.15) is 29.3 Å². The first-order valence-electron chi connectivity index (χ1n) is 12.2. The number of ether oxygens (including phenoxy) is 3. The van der Waals surface area contributed by atoms with Crippen molar-refractivity contribution in [1.29, 1.82) is 0 Å². The molecule has 0 aliphatic carbocycles. The van der Waals surface area contributed by atoms with Gasteiger partial charge in [-0.25, -0.2) is 9.18 Å². The van der Waals surface area contributed by atoms with Crippen molar-refractivity contribution in [2.24, 2.45) is 0 Å². The molecule has 39 heavy (non-hydrogen) atoms. The van der Waals surface area contributed by atoms with E-state index in [1.807, 2.05) is 6.07 Å². The molecule has 3 aromatic carbocycles. The molecule has 1 saturated heterocycles. The number of hydrogen-bond acceptors (Lipinski definition) is 7. The minimum absolute atomic E-state index is 0.126. The number of carbonyl (C=O) groups excluding carboxylic acids is 3. The Morgan fingerprint density at radius 2 is 1.77 bits per heavy atom. The Labute approximate surface area is 229 Å². The van der Waals surface area contributed by atoms with Gasteiger partial charge >= 0.3 is 5.97 Å². The molecule has 0 aromatic heterocycles. The van der Waals surface area contributed by atoms with Crippen LogP contribution in [0.5, 0.6) is 11.5 Å². The number of hydrogen-bond donors (Lipinski definition) is 1. The Bertz CT molecular complexity index is 1430. The van der Waals surface area contributed by atoms with Crippen LogP contribution in [-0.4, -0.2) is 47.2 Å². The normalized spacial score (nSPS) is 16.0. The summed E-state index contributed by atoms with van der Waals surface area (Å²) in [4.78, 5) is 41.5. The van der Waals surface area contributed by atoms with Crippen LogP contribution in [0.4, 0.5) is 15.8 Å². The molecule has 0 unspecified atom stereocenters. The molecule has 1 atom stereocenters. The minimum Gasteiger partial charge on any atom is -0.462 e. The van der Waals surface area contributed by atoms with Crippen LogP contribution in [0.25, 0.3) is 0 Å². The number of benzene rings is 3. The van der Waals surface area contributed by atoms with E-state index < -0.39 is 29.6 Å². The van der Waals surface area contributed by atoms with Gasteiger partial charge in [-0.3, -0.25) is 14.5 Å². The maximum absolute atomic E-state index is 13.6. The molecule has 11 heteroatoms. The first kappa shape index (κ1) is 26.1. The zero-order valence-electron chi connectivity index (χ0n) is 20.9. The summed E-state index contributed by atoms with van der Waals surface area (Å²) in [7, 11) is 0. The maximum Gasteiger partial charge on any atom is 0.338 e. The highest BCUT2D eigenvalue weighted by molar-refractivity contribution is 7.80. The van der Waals surface area contributed by atoms with Crippen LogP contribution in [0.3, 0.4) is 0 Å². The van der Waals surface area contributed by atoms with E-state index in [2.05, 4.69) is 5.32 Å². The van der Waals surface area contributed by atoms with Crippen molar-refractivity contribution < 1.29 is 33.0 Å². The predicted octanol–water partition coefficient (Wildman–Crippen LogP) is 4.26. The fourth-order valence-corrected chi connectivity index (χ4v) is 4.76. The van der Waals surface area contributed by atoms with Crippen molar-refractivity contribution in [3.05, 3.63) is 83.7 Å². The van der Waals surface area contributed by atoms with Crippen molar-refractivity contribution in [2.45, 2.75) is 25.9 Å². The van der Waals surface area contributed by atoms with Crippen molar-refractivity contribution >= 4 is 46.5 Å². The second kappa shape index (κ2) is 11.1. The molecule has 0 radical (unpaired) electrons. The highest BCUT2D eigenvalue weighted by atomic mass is 32.1. The van der Waals surface area contributed by atoms with Gasteiger partial charge in [0.2, 0.25) is 12.7 Å². The van der Waals surface area contributed by atoms with Gasteiger partial charge in [-0.05, 0) is 85.4 Å². The quantitative estimate of drug-likeness (QED) is 0.329. The predicted molar refractivity (Wildman–Crippen MR) is 144 cm³/mol. The molecule has 2 aliphatic rings. The standard InChI is InChI=1S/C28H24FN3O6S/c1-2-36-27(35)18-4-8-20(9-5-18)30-25(33)14-22-26(34)32(21-10-6-19(29)7-11-21)28(39)31(22)15-17-3-12-23-24(13-17)38-16-37-23/h3-13,22H,2,14-16H2,1H3,(H,30,33)/t22-/m1/s1. The topological polar surface area (TPSA) is 97.4 Å². The highest BCUT2D eigenvalue weighted by Gasteiger charge is 2.44. The number of nitrogens with one attached hydrogen (secondary N) is 1. The van der Waals surface area contributed by atoms with Gasteiger partial charge in [0.25, 0.3) is 5.91 Å². The maximum atomic E-state index is 13.6. The molecule has 0 bridgehead atoms. The second-order valence-electron chi connectivity index (χ2n) is 8.81. The lowest BCUT2D eigenvalue weighted by Crippen LogP contribution is -2.37. The van der Waals surface area contributed by atoms with E-state index in [1.54, 1.807) is 48.2 Å². The fraction of sp³-hybridized carbons (Fsp3) is 0.214. The molecule has 2 aliphatic heterocycles. The molecule has 2 amide bonds. The summed E-state index contributed by atoms with van der Waals surface area (Å²) in [6, 6.07) is 16.2. The number of fused-ring (bicyclic) bond motifs is 1. The second-order valence-corrected chi connectivity index (χ2v) is 9.18. The third kappa shape index (κ3) is 5.53. The largest absolute Gasteiger partial charge is 0.462 e. The highest BCUT2D eigenvalue weighted by Crippen LogP contribution is 2.34. The van der Waals surface area contributed by atoms with Gasteiger partial charge in [0.15, 0.2) is 16.6 Å². The first-order valence-corrected chi connectivity index (χ1v) is 12.6. The van der Waals surface area contributed by atoms with Crippen molar-refractivity contribution in [2.75, 3.05) is 23.6 Å². The monoisotopic (exact) mass is 549 g/mol. The number of nitrogens with zero attached hydrogens (tertiary/aromatic N) is 2. The van der Waals surface area contributed by atoms with Gasteiger partial charge in [-0.15, -0.1) is 0 Å². The minimum atomic E-state index is -0.910. The van der Waals surface area contributed by atoms with E-state index in [1.165, 1.54) is 29.2 Å². The Hall–Kier alpha value is -4.51. The molecule has 2 heterocycles. The summed E-state index contributed by atoms with van der Waals surface area (Å²) in [6.45, 7) is 2.33. The Morgan fingerprint density at radius 3 is 2.49 bits per heavy atom. The Morgan fingerprint density at radius 1 is 1.05 bits per heavy atom. The van der Waals surface area contributed by atoms with Crippen molar-refractivity contribution in [3.63, 3.8) is 0 Å². The number of thiocarbonyl (C=S) groups is 1. The van der Waals surface area contributed by atoms with Gasteiger partial charge in [0, 0.05) is 12.2 Å². The number of rotatable bonds is 8. The number of amides is 2. The smallest absolute Gasteiger partial charge is 0.338 e. The zero-order chi connectivity index (χ0) is 27.5. The van der Waals surface area contributed by atoms with Gasteiger partial charge in [-0.2, -0.15) is 0 Å². The fourth-order valence-electron chi connectivity index (χ4n) is 4.37. The van der Waals surface area contributed by atoms with Gasteiger partial charge in [-0.1, -0.05) is 6.07 Å². The average Bonchev–Trinajstić information content (AvgIpc) is 3.48. The van der Waals surface area contributed by atoms with E-state index >= 15 is 0 Å². The summed E-state index contributed by atoms with van der Waals surface area (Å²) < 4.78 is 29.4. The summed E-state index contributed by atoms with van der Waals surface area (Å²) in [6.07, 6.45) is -0.194. The van der Waals surface area contributed by atoms with Gasteiger partial charge in [0.1, 0.15) is 11.9 Å². The van der Waals surface area contributed by atoms with Crippen molar-refractivity contribution in [1.82, 2.24) is 4.90 Å². The molecule has 3 aromatic rings. The lowest BCUT2D eigenvalue weighted by atomic mass is 10.1. The third-order valence-electron chi connectivity index (χ3n) is 6.25. The van der Waals surface area contributed by atoms with Crippen LogP contribution >= 0.6 is 12.2 Å². The molecule has 1 fully saturated rings. The van der Waals surface area contributed by atoms with E-state index in [9.17, 15) is 18.8 Å². The number of anilines is 2. The lowest BCUT2D eigenvalue weighted by Gasteiger charge is -2.24. The number of carbonyl (C=O) groups is 3. The number of esters is 1. The lowest BCUT2D eigenvalue weighted by molar-refractivity contribution is -0.124. The molecular weight excluding hydrogens is 525 g/mol. The van der Waals surface area contributed by atoms with Crippen molar-refractivity contribution in [3.8, 4) is 11.5 Å². The van der Waals surface area contributed by atoms with Crippen LogP contribution in [0, 0.1) is 5.82 Å². The van der Waals surface area contributed by atoms with E-state index in [-0.39, 0.29) is 31.5 Å². The van der Waals surface area contributed by atoms with E-state index in [0.717, 1.165) is 5.56 Å². The molecule has 0 saturated carbocycles. The van der Waals surface area contributed by atoms with Crippen LogP contribution in [-0.2, 0) is 20.9 Å². The Kier molecular flexibility index (Phi) is 7.42. The third-order valence-corrected chi connectivity index (χ3v) is 6.67. The van der Waals surface area contributed by atoms with Gasteiger partial charge < -0.3 is 24.4 Å².